The fourth-order valence-corrected chi connectivity index (χ4v) is 2.24. The lowest BCUT2D eigenvalue weighted by Crippen LogP contribution is -2.10. The molecule has 2 N–H and O–H groups in total. The summed E-state index contributed by atoms with van der Waals surface area (Å²) >= 11 is 0. The summed E-state index contributed by atoms with van der Waals surface area (Å²) in [5, 5.41) is 0. The summed E-state index contributed by atoms with van der Waals surface area (Å²) in [7, 11) is 0. The van der Waals surface area contributed by atoms with Crippen LogP contribution in [0.5, 0.6) is 0 Å². The Morgan fingerprint density at radius 2 is 1.92 bits per heavy atom. The van der Waals surface area contributed by atoms with Crippen molar-refractivity contribution in [2.24, 2.45) is 0 Å². The number of hydrogen-bond acceptors (Lipinski definition) is 1. The average molecular weight is 173 g/mol. The standard InChI is InChI=1S/C12H15N/c1-8-7-12(2,3)9-5-4-6-10(13)11(8)9/h4-7H,13H2,1-3H3. The van der Waals surface area contributed by atoms with Crippen LogP contribution in [0.4, 0.5) is 5.69 Å². The molecule has 68 valence electrons. The minimum Gasteiger partial charge on any atom is -0.398 e. The van der Waals surface area contributed by atoms with Gasteiger partial charge in [0.25, 0.3) is 0 Å². The quantitative estimate of drug-likeness (QED) is 0.600. The van der Waals surface area contributed by atoms with Crippen molar-refractivity contribution < 1.29 is 0 Å². The van der Waals surface area contributed by atoms with Gasteiger partial charge in [-0.3, -0.25) is 0 Å². The van der Waals surface area contributed by atoms with Crippen LogP contribution in [-0.4, -0.2) is 0 Å². The fraction of sp³-hybridized carbons (Fsp3) is 0.333. The highest BCUT2D eigenvalue weighted by atomic mass is 14.6. The van der Waals surface area contributed by atoms with Crippen molar-refractivity contribution in [2.75, 3.05) is 5.73 Å². The number of rotatable bonds is 0. The molecule has 0 atom stereocenters. The normalized spacial score (nSPS) is 18.2. The first-order valence-electron chi connectivity index (χ1n) is 4.61. The molecule has 0 aromatic heterocycles. The highest BCUT2D eigenvalue weighted by Crippen LogP contribution is 2.42. The van der Waals surface area contributed by atoms with E-state index in [1.807, 2.05) is 12.1 Å². The van der Waals surface area contributed by atoms with Crippen molar-refractivity contribution in [3.05, 3.63) is 35.4 Å². The summed E-state index contributed by atoms with van der Waals surface area (Å²) in [5.74, 6) is 0. The highest BCUT2D eigenvalue weighted by molar-refractivity contribution is 5.82. The lowest BCUT2D eigenvalue weighted by atomic mass is 9.87. The predicted molar refractivity (Wildman–Crippen MR) is 57.5 cm³/mol. The summed E-state index contributed by atoms with van der Waals surface area (Å²) in [6, 6.07) is 6.17. The summed E-state index contributed by atoms with van der Waals surface area (Å²) in [6.45, 7) is 6.58. The zero-order valence-electron chi connectivity index (χ0n) is 8.39. The molecule has 0 fully saturated rings. The minimum atomic E-state index is 0.148. The van der Waals surface area contributed by atoms with Gasteiger partial charge < -0.3 is 5.73 Å². The van der Waals surface area contributed by atoms with Crippen LogP contribution in [0.1, 0.15) is 31.9 Å². The second kappa shape index (κ2) is 2.38. The van der Waals surface area contributed by atoms with E-state index in [9.17, 15) is 0 Å². The molecule has 1 heteroatoms. The second-order valence-electron chi connectivity index (χ2n) is 4.32. The van der Waals surface area contributed by atoms with Crippen LogP contribution in [0.2, 0.25) is 0 Å². The number of nitrogens with two attached hydrogens (primary N) is 1. The van der Waals surface area contributed by atoms with Crippen LogP contribution in [0, 0.1) is 0 Å². The second-order valence-corrected chi connectivity index (χ2v) is 4.32. The predicted octanol–water partition coefficient (Wildman–Crippen LogP) is 2.96. The zero-order chi connectivity index (χ0) is 9.64. The minimum absolute atomic E-state index is 0.148. The summed E-state index contributed by atoms with van der Waals surface area (Å²) < 4.78 is 0. The molecule has 0 unspecified atom stereocenters. The number of allylic oxidation sites excluding steroid dienone is 2. The molecule has 0 bridgehead atoms. The highest BCUT2D eigenvalue weighted by Gasteiger charge is 2.28. The molecule has 0 saturated heterocycles. The first kappa shape index (κ1) is 8.36. The van der Waals surface area contributed by atoms with E-state index in [2.05, 4.69) is 32.9 Å². The van der Waals surface area contributed by atoms with Crippen LogP contribution in [-0.2, 0) is 5.41 Å². The molecule has 0 heterocycles. The van der Waals surface area contributed by atoms with Gasteiger partial charge in [0.2, 0.25) is 0 Å². The van der Waals surface area contributed by atoms with Crippen molar-refractivity contribution in [1.29, 1.82) is 0 Å². The van der Waals surface area contributed by atoms with Gasteiger partial charge >= 0.3 is 0 Å². The SMILES string of the molecule is CC1=CC(C)(C)c2cccc(N)c21. The Bertz CT molecular complexity index is 386. The van der Waals surface area contributed by atoms with Crippen LogP contribution in [0.25, 0.3) is 5.57 Å². The monoisotopic (exact) mass is 173 g/mol. The Kier molecular flexibility index (Phi) is 1.53. The molecule has 0 aliphatic heterocycles. The number of fused-ring (bicyclic) bond motifs is 1. The lowest BCUT2D eigenvalue weighted by Gasteiger charge is -2.17. The van der Waals surface area contributed by atoms with E-state index in [0.29, 0.717) is 0 Å². The largest absolute Gasteiger partial charge is 0.398 e. The fourth-order valence-electron chi connectivity index (χ4n) is 2.24. The van der Waals surface area contributed by atoms with Gasteiger partial charge in [0.05, 0.1) is 0 Å². The van der Waals surface area contributed by atoms with Crippen LogP contribution < -0.4 is 5.73 Å². The van der Waals surface area contributed by atoms with Gasteiger partial charge in [0, 0.05) is 16.7 Å². The van der Waals surface area contributed by atoms with Crippen molar-refractivity contribution in [1.82, 2.24) is 0 Å². The van der Waals surface area contributed by atoms with Gasteiger partial charge in [-0.1, -0.05) is 32.1 Å². The summed E-state index contributed by atoms with van der Waals surface area (Å²) in [6.07, 6.45) is 2.29. The van der Waals surface area contributed by atoms with Gasteiger partial charge in [0.15, 0.2) is 0 Å². The van der Waals surface area contributed by atoms with E-state index >= 15 is 0 Å². The van der Waals surface area contributed by atoms with Crippen molar-refractivity contribution in [3.8, 4) is 0 Å². The Hall–Kier alpha value is -1.24. The molecule has 0 amide bonds. The van der Waals surface area contributed by atoms with E-state index in [1.54, 1.807) is 0 Å². The van der Waals surface area contributed by atoms with Crippen LogP contribution in [0.3, 0.4) is 0 Å². The third-order valence-electron chi connectivity index (χ3n) is 2.76. The van der Waals surface area contributed by atoms with Crippen LogP contribution >= 0.6 is 0 Å². The molecule has 2 rings (SSSR count). The van der Waals surface area contributed by atoms with Crippen LogP contribution in [0.15, 0.2) is 24.3 Å². The van der Waals surface area contributed by atoms with Gasteiger partial charge in [0.1, 0.15) is 0 Å². The lowest BCUT2D eigenvalue weighted by molar-refractivity contribution is 0.683. The first-order chi connectivity index (χ1) is 6.02. The molecule has 0 radical (unpaired) electrons. The number of nitrogen functional groups attached to an aromatic ring is 1. The molecule has 0 spiro atoms. The van der Waals surface area contributed by atoms with Gasteiger partial charge in [-0.05, 0) is 24.1 Å². The maximum absolute atomic E-state index is 5.94. The molecule has 1 aromatic rings. The maximum Gasteiger partial charge on any atom is 0.0393 e. The summed E-state index contributed by atoms with van der Waals surface area (Å²) in [5.41, 5.74) is 10.9. The van der Waals surface area contributed by atoms with Gasteiger partial charge in [-0.15, -0.1) is 0 Å². The number of anilines is 1. The Balaban J connectivity index is 2.74. The average Bonchev–Trinajstić information content (AvgIpc) is 2.24. The van der Waals surface area contributed by atoms with Crippen molar-refractivity contribution in [2.45, 2.75) is 26.2 Å². The molecule has 1 aliphatic carbocycles. The maximum atomic E-state index is 5.94. The molecular formula is C12H15N. The number of hydrogen-bond donors (Lipinski definition) is 1. The van der Waals surface area contributed by atoms with Crippen molar-refractivity contribution >= 4 is 11.3 Å². The van der Waals surface area contributed by atoms with Gasteiger partial charge in [-0.2, -0.15) is 0 Å². The molecule has 1 nitrogen and oxygen atoms in total. The van der Waals surface area contributed by atoms with E-state index in [-0.39, 0.29) is 5.41 Å². The Labute approximate surface area is 79.3 Å². The topological polar surface area (TPSA) is 26.0 Å². The molecule has 1 aromatic carbocycles. The molecule has 13 heavy (non-hydrogen) atoms. The molecule has 1 aliphatic rings. The van der Waals surface area contributed by atoms with E-state index < -0.39 is 0 Å². The smallest absolute Gasteiger partial charge is 0.0393 e. The van der Waals surface area contributed by atoms with Gasteiger partial charge in [-0.25, -0.2) is 0 Å². The zero-order valence-corrected chi connectivity index (χ0v) is 8.39. The first-order valence-corrected chi connectivity index (χ1v) is 4.61. The Morgan fingerprint density at radius 3 is 2.54 bits per heavy atom. The number of benzene rings is 1. The van der Waals surface area contributed by atoms with Crippen molar-refractivity contribution in [3.63, 3.8) is 0 Å². The molecule has 0 saturated carbocycles. The van der Waals surface area contributed by atoms with E-state index in [0.717, 1.165) is 5.69 Å². The Morgan fingerprint density at radius 1 is 1.23 bits per heavy atom. The molecular weight excluding hydrogens is 158 g/mol. The van der Waals surface area contributed by atoms with E-state index in [4.69, 9.17) is 5.73 Å². The third-order valence-corrected chi connectivity index (χ3v) is 2.76. The third kappa shape index (κ3) is 1.07. The summed E-state index contributed by atoms with van der Waals surface area (Å²) in [4.78, 5) is 0. The van der Waals surface area contributed by atoms with E-state index in [1.165, 1.54) is 16.7 Å².